The molecule has 2 aromatic heterocycles. The Morgan fingerprint density at radius 1 is 1.22 bits per heavy atom. The van der Waals surface area contributed by atoms with Crippen LogP contribution in [-0.4, -0.2) is 21.4 Å². The van der Waals surface area contributed by atoms with Crippen LogP contribution in [0.25, 0.3) is 11.5 Å². The number of aryl methyl sites for hydroxylation is 1. The number of anilines is 1. The molecule has 142 valence electrons. The van der Waals surface area contributed by atoms with Crippen LogP contribution in [0.1, 0.15) is 44.4 Å². The van der Waals surface area contributed by atoms with Crippen LogP contribution in [0.15, 0.2) is 50.7 Å². The van der Waals surface area contributed by atoms with Gasteiger partial charge in [0, 0.05) is 5.69 Å². The van der Waals surface area contributed by atoms with Gasteiger partial charge in [-0.05, 0) is 43.9 Å². The average molecular weight is 385 g/mol. The van der Waals surface area contributed by atoms with E-state index in [9.17, 15) is 4.79 Å². The van der Waals surface area contributed by atoms with Crippen LogP contribution >= 0.6 is 11.8 Å². The summed E-state index contributed by atoms with van der Waals surface area (Å²) in [6.45, 7) is 7.94. The Morgan fingerprint density at radius 2 is 2.00 bits per heavy atom. The number of carbonyl (C=O) groups is 1. The zero-order chi connectivity index (χ0) is 19.4. The van der Waals surface area contributed by atoms with Crippen molar-refractivity contribution in [2.45, 2.75) is 50.5 Å². The summed E-state index contributed by atoms with van der Waals surface area (Å²) in [7, 11) is 0. The maximum Gasteiger partial charge on any atom is 0.277 e. The van der Waals surface area contributed by atoms with Crippen molar-refractivity contribution in [1.82, 2.24) is 10.2 Å². The Bertz CT molecular complexity index is 919. The smallest absolute Gasteiger partial charge is 0.277 e. The Hall–Kier alpha value is -2.54. The molecule has 27 heavy (non-hydrogen) atoms. The van der Waals surface area contributed by atoms with Gasteiger partial charge in [0.2, 0.25) is 5.91 Å². The van der Waals surface area contributed by atoms with Crippen LogP contribution in [0.2, 0.25) is 0 Å². The van der Waals surface area contributed by atoms with Gasteiger partial charge in [-0.15, -0.1) is 10.2 Å². The molecule has 3 aromatic rings. The number of nitrogens with one attached hydrogen (secondary N) is 1. The standard InChI is InChI=1S/C20H23N3O3S/c1-5-12(2)15-8-6-7-9-17(15)21-18(24)14(4)27-20-23-22-19(26-20)16-10-11-25-13(16)3/h6-12,14H,5H2,1-4H3,(H,21,24)/t12-,14-/m1/s1. The predicted octanol–water partition coefficient (Wildman–Crippen LogP) is 5.27. The fourth-order valence-electron chi connectivity index (χ4n) is 2.67. The van der Waals surface area contributed by atoms with E-state index in [1.165, 1.54) is 11.8 Å². The molecule has 0 saturated carbocycles. The summed E-state index contributed by atoms with van der Waals surface area (Å²) in [4.78, 5) is 12.6. The second kappa shape index (κ2) is 8.43. The number of para-hydroxylation sites is 1. The van der Waals surface area contributed by atoms with Gasteiger partial charge in [0.25, 0.3) is 11.1 Å². The fraction of sp³-hybridized carbons (Fsp3) is 0.350. The lowest BCUT2D eigenvalue weighted by Gasteiger charge is -2.17. The lowest BCUT2D eigenvalue weighted by molar-refractivity contribution is -0.115. The fourth-order valence-corrected chi connectivity index (χ4v) is 3.36. The number of carbonyl (C=O) groups excluding carboxylic acids is 1. The number of benzene rings is 1. The third-order valence-electron chi connectivity index (χ3n) is 4.50. The van der Waals surface area contributed by atoms with E-state index in [4.69, 9.17) is 8.83 Å². The Morgan fingerprint density at radius 3 is 2.70 bits per heavy atom. The molecule has 0 aliphatic rings. The van der Waals surface area contributed by atoms with E-state index in [0.29, 0.717) is 22.8 Å². The molecule has 0 radical (unpaired) electrons. The maximum atomic E-state index is 12.6. The topological polar surface area (TPSA) is 81.2 Å². The maximum absolute atomic E-state index is 12.6. The van der Waals surface area contributed by atoms with Crippen molar-refractivity contribution in [2.75, 3.05) is 5.32 Å². The van der Waals surface area contributed by atoms with Crippen molar-refractivity contribution in [3.63, 3.8) is 0 Å². The summed E-state index contributed by atoms with van der Waals surface area (Å²) in [5, 5.41) is 11.1. The third-order valence-corrected chi connectivity index (χ3v) is 5.44. The van der Waals surface area contributed by atoms with Gasteiger partial charge < -0.3 is 14.2 Å². The average Bonchev–Trinajstić information content (AvgIpc) is 3.30. The van der Waals surface area contributed by atoms with Gasteiger partial charge in [-0.25, -0.2) is 0 Å². The van der Waals surface area contributed by atoms with E-state index < -0.39 is 0 Å². The van der Waals surface area contributed by atoms with E-state index in [1.54, 1.807) is 12.3 Å². The van der Waals surface area contributed by atoms with E-state index in [0.717, 1.165) is 23.2 Å². The molecule has 0 aliphatic heterocycles. The summed E-state index contributed by atoms with van der Waals surface area (Å²) in [6.07, 6.45) is 2.59. The molecule has 1 N–H and O–H groups in total. The van der Waals surface area contributed by atoms with Gasteiger partial charge in [-0.3, -0.25) is 4.79 Å². The first kappa shape index (κ1) is 19.2. The minimum atomic E-state index is -0.381. The highest BCUT2D eigenvalue weighted by Crippen LogP contribution is 2.30. The first-order chi connectivity index (χ1) is 13.0. The molecule has 2 heterocycles. The van der Waals surface area contributed by atoms with Crippen LogP contribution < -0.4 is 5.32 Å². The molecule has 1 aromatic carbocycles. The second-order valence-electron chi connectivity index (χ2n) is 6.41. The number of hydrogen-bond donors (Lipinski definition) is 1. The van der Waals surface area contributed by atoms with Crippen molar-refractivity contribution in [3.8, 4) is 11.5 Å². The number of rotatable bonds is 7. The summed E-state index contributed by atoms with van der Waals surface area (Å²) in [5.41, 5.74) is 2.75. The minimum Gasteiger partial charge on any atom is -0.469 e. The molecule has 7 heteroatoms. The summed E-state index contributed by atoms with van der Waals surface area (Å²) in [6, 6.07) is 9.69. The third kappa shape index (κ3) is 4.42. The molecule has 2 atom stereocenters. The minimum absolute atomic E-state index is 0.102. The monoisotopic (exact) mass is 385 g/mol. The quantitative estimate of drug-likeness (QED) is 0.558. The number of furan rings is 1. The molecular formula is C20H23N3O3S. The SMILES string of the molecule is CC[C@@H](C)c1ccccc1NC(=O)[C@@H](C)Sc1nnc(-c2ccoc2C)o1. The van der Waals surface area contributed by atoms with Gasteiger partial charge in [-0.1, -0.05) is 43.8 Å². The van der Waals surface area contributed by atoms with Crippen molar-refractivity contribution < 1.29 is 13.6 Å². The number of amides is 1. The molecule has 0 spiro atoms. The van der Waals surface area contributed by atoms with Gasteiger partial charge >= 0.3 is 0 Å². The zero-order valence-electron chi connectivity index (χ0n) is 15.9. The molecule has 0 unspecified atom stereocenters. The van der Waals surface area contributed by atoms with Gasteiger partial charge in [0.05, 0.1) is 17.1 Å². The van der Waals surface area contributed by atoms with Gasteiger partial charge in [-0.2, -0.15) is 0 Å². The Labute approximate surface area is 162 Å². The van der Waals surface area contributed by atoms with Crippen LogP contribution in [0.5, 0.6) is 0 Å². The molecule has 6 nitrogen and oxygen atoms in total. The molecule has 3 rings (SSSR count). The van der Waals surface area contributed by atoms with Crippen molar-refractivity contribution in [3.05, 3.63) is 47.9 Å². The molecule has 0 aliphatic carbocycles. The number of aromatic nitrogens is 2. The van der Waals surface area contributed by atoms with Crippen LogP contribution in [0, 0.1) is 6.92 Å². The van der Waals surface area contributed by atoms with E-state index in [1.807, 2.05) is 32.0 Å². The lowest BCUT2D eigenvalue weighted by atomic mass is 9.97. The summed E-state index contributed by atoms with van der Waals surface area (Å²) >= 11 is 1.23. The molecule has 0 fully saturated rings. The van der Waals surface area contributed by atoms with Crippen molar-refractivity contribution >= 4 is 23.4 Å². The van der Waals surface area contributed by atoms with Gasteiger partial charge in [0.1, 0.15) is 5.76 Å². The van der Waals surface area contributed by atoms with E-state index in [-0.39, 0.29) is 11.2 Å². The Balaban J connectivity index is 1.67. The number of hydrogen-bond acceptors (Lipinski definition) is 6. The molecular weight excluding hydrogens is 362 g/mol. The van der Waals surface area contributed by atoms with E-state index >= 15 is 0 Å². The summed E-state index contributed by atoms with van der Waals surface area (Å²) in [5.74, 6) is 1.37. The zero-order valence-corrected chi connectivity index (χ0v) is 16.7. The number of thioether (sulfide) groups is 1. The van der Waals surface area contributed by atoms with Gasteiger partial charge in [0.15, 0.2) is 0 Å². The highest BCUT2D eigenvalue weighted by atomic mass is 32.2. The first-order valence-corrected chi connectivity index (χ1v) is 9.82. The van der Waals surface area contributed by atoms with Crippen LogP contribution in [0.4, 0.5) is 5.69 Å². The predicted molar refractivity (Wildman–Crippen MR) is 106 cm³/mol. The highest BCUT2D eigenvalue weighted by Gasteiger charge is 2.21. The van der Waals surface area contributed by atoms with Crippen LogP contribution in [-0.2, 0) is 4.79 Å². The largest absolute Gasteiger partial charge is 0.469 e. The van der Waals surface area contributed by atoms with Crippen molar-refractivity contribution in [2.24, 2.45) is 0 Å². The molecule has 0 bridgehead atoms. The van der Waals surface area contributed by atoms with Crippen molar-refractivity contribution in [1.29, 1.82) is 0 Å². The second-order valence-corrected chi connectivity index (χ2v) is 7.70. The molecule has 1 amide bonds. The van der Waals surface area contributed by atoms with E-state index in [2.05, 4.69) is 35.4 Å². The lowest BCUT2D eigenvalue weighted by Crippen LogP contribution is -2.23. The highest BCUT2D eigenvalue weighted by molar-refractivity contribution is 8.00. The normalized spacial score (nSPS) is 13.3. The number of nitrogens with zero attached hydrogens (tertiary/aromatic N) is 2. The Kier molecular flexibility index (Phi) is 6.01. The molecule has 0 saturated heterocycles. The summed E-state index contributed by atoms with van der Waals surface area (Å²) < 4.78 is 10.9. The van der Waals surface area contributed by atoms with Crippen LogP contribution in [0.3, 0.4) is 0 Å². The first-order valence-electron chi connectivity index (χ1n) is 8.94.